The Morgan fingerprint density at radius 2 is 1.31 bits per heavy atom. The van der Waals surface area contributed by atoms with Gasteiger partial charge in [0.05, 0.1) is 6.04 Å². The summed E-state index contributed by atoms with van der Waals surface area (Å²) in [6.45, 7) is 2.22. The van der Waals surface area contributed by atoms with Gasteiger partial charge in [-0.25, -0.2) is 0 Å². The summed E-state index contributed by atoms with van der Waals surface area (Å²) in [5.74, 6) is 0. The molecule has 0 aliphatic rings. The van der Waals surface area contributed by atoms with E-state index < -0.39 is 0 Å². The molecule has 0 radical (unpaired) electrons. The van der Waals surface area contributed by atoms with Crippen molar-refractivity contribution >= 4 is 5.69 Å². The minimum absolute atomic E-state index is 0.392. The summed E-state index contributed by atoms with van der Waals surface area (Å²) in [6, 6.07) is 21.4. The van der Waals surface area contributed by atoms with Crippen molar-refractivity contribution in [2.75, 3.05) is 11.9 Å². The van der Waals surface area contributed by atoms with Gasteiger partial charge in [-0.05, 0) is 24.6 Å². The van der Waals surface area contributed by atoms with Gasteiger partial charge in [0.2, 0.25) is 0 Å². The molecule has 0 fully saturated rings. The number of anilines is 1. The van der Waals surface area contributed by atoms with Crippen molar-refractivity contribution < 1.29 is 0 Å². The van der Waals surface area contributed by atoms with Gasteiger partial charge in [0.1, 0.15) is 0 Å². The Bertz CT molecular complexity index is 378. The van der Waals surface area contributed by atoms with E-state index in [1.54, 1.807) is 0 Å². The number of benzene rings is 2. The monoisotopic (exact) mass is 211 g/mol. The summed E-state index contributed by atoms with van der Waals surface area (Å²) < 4.78 is 0. The topological polar surface area (TPSA) is 3.24 Å². The summed E-state index contributed by atoms with van der Waals surface area (Å²) in [4.78, 5) is 2.29. The molecule has 0 spiro atoms. The van der Waals surface area contributed by atoms with Crippen LogP contribution in [-0.2, 0) is 0 Å². The first-order valence-electron chi connectivity index (χ1n) is 5.62. The predicted octanol–water partition coefficient (Wildman–Crippen LogP) is 3.88. The first-order valence-corrected chi connectivity index (χ1v) is 5.62. The summed E-state index contributed by atoms with van der Waals surface area (Å²) >= 11 is 0. The second kappa shape index (κ2) is 4.84. The average molecular weight is 211 g/mol. The third-order valence-electron chi connectivity index (χ3n) is 3.03. The van der Waals surface area contributed by atoms with Crippen LogP contribution in [0.5, 0.6) is 0 Å². The van der Waals surface area contributed by atoms with E-state index in [9.17, 15) is 0 Å². The molecule has 0 N–H and O–H groups in total. The van der Waals surface area contributed by atoms with Crippen LogP contribution >= 0.6 is 0 Å². The zero-order valence-corrected chi connectivity index (χ0v) is 9.80. The van der Waals surface area contributed by atoms with E-state index in [-0.39, 0.29) is 0 Å². The molecule has 0 bridgehead atoms. The SMILES string of the molecule is C[C@@H](c1ccccc1)N(C)c1ccccc1. The maximum absolute atomic E-state index is 2.29. The van der Waals surface area contributed by atoms with E-state index in [2.05, 4.69) is 73.5 Å². The summed E-state index contributed by atoms with van der Waals surface area (Å²) in [5, 5.41) is 0. The van der Waals surface area contributed by atoms with Crippen LogP contribution in [0.25, 0.3) is 0 Å². The third kappa shape index (κ3) is 2.25. The van der Waals surface area contributed by atoms with Gasteiger partial charge in [-0.2, -0.15) is 0 Å². The van der Waals surface area contributed by atoms with Gasteiger partial charge >= 0.3 is 0 Å². The minimum atomic E-state index is 0.392. The van der Waals surface area contributed by atoms with E-state index in [1.165, 1.54) is 11.3 Å². The van der Waals surface area contributed by atoms with Crippen LogP contribution < -0.4 is 4.90 Å². The molecule has 0 amide bonds. The fraction of sp³-hybridized carbons (Fsp3) is 0.200. The van der Waals surface area contributed by atoms with Gasteiger partial charge in [0.15, 0.2) is 0 Å². The lowest BCUT2D eigenvalue weighted by molar-refractivity contribution is 0.740. The summed E-state index contributed by atoms with van der Waals surface area (Å²) in [5.41, 5.74) is 2.59. The molecular formula is C15H17N. The van der Waals surface area contributed by atoms with E-state index in [4.69, 9.17) is 0 Å². The molecule has 0 aliphatic heterocycles. The fourth-order valence-corrected chi connectivity index (χ4v) is 1.84. The van der Waals surface area contributed by atoms with Crippen LogP contribution in [-0.4, -0.2) is 7.05 Å². The normalized spacial score (nSPS) is 12.1. The lowest BCUT2D eigenvalue weighted by Crippen LogP contribution is -2.21. The van der Waals surface area contributed by atoms with E-state index >= 15 is 0 Å². The van der Waals surface area contributed by atoms with Gasteiger partial charge in [-0.15, -0.1) is 0 Å². The van der Waals surface area contributed by atoms with Crippen molar-refractivity contribution in [2.24, 2.45) is 0 Å². The van der Waals surface area contributed by atoms with Crippen molar-refractivity contribution in [1.29, 1.82) is 0 Å². The van der Waals surface area contributed by atoms with Gasteiger partial charge in [-0.3, -0.25) is 0 Å². The second-order valence-electron chi connectivity index (χ2n) is 4.03. The van der Waals surface area contributed by atoms with Crippen LogP contribution in [0.2, 0.25) is 0 Å². The van der Waals surface area contributed by atoms with Crippen LogP contribution in [0, 0.1) is 0 Å². The maximum Gasteiger partial charge on any atom is 0.0510 e. The largest absolute Gasteiger partial charge is 0.368 e. The Hall–Kier alpha value is -1.76. The first kappa shape index (κ1) is 10.7. The standard InChI is InChI=1S/C15H17N/c1-13(14-9-5-3-6-10-14)16(2)15-11-7-4-8-12-15/h3-13H,1-2H3/t13-/m0/s1. The fourth-order valence-electron chi connectivity index (χ4n) is 1.84. The molecule has 1 nitrogen and oxygen atoms in total. The molecule has 2 aromatic rings. The molecule has 2 aromatic carbocycles. The molecule has 16 heavy (non-hydrogen) atoms. The molecule has 82 valence electrons. The smallest absolute Gasteiger partial charge is 0.0510 e. The summed E-state index contributed by atoms with van der Waals surface area (Å²) in [6.07, 6.45) is 0. The minimum Gasteiger partial charge on any atom is -0.368 e. The van der Waals surface area contributed by atoms with Crippen molar-refractivity contribution in [1.82, 2.24) is 0 Å². The maximum atomic E-state index is 2.29. The van der Waals surface area contributed by atoms with Gasteiger partial charge in [-0.1, -0.05) is 48.5 Å². The van der Waals surface area contributed by atoms with Crippen molar-refractivity contribution in [3.8, 4) is 0 Å². The highest BCUT2D eigenvalue weighted by molar-refractivity contribution is 5.47. The summed E-state index contributed by atoms with van der Waals surface area (Å²) in [7, 11) is 2.13. The van der Waals surface area contributed by atoms with E-state index in [0.717, 1.165) is 0 Å². The second-order valence-corrected chi connectivity index (χ2v) is 4.03. The Kier molecular flexibility index (Phi) is 3.25. The number of hydrogen-bond acceptors (Lipinski definition) is 1. The number of para-hydroxylation sites is 1. The van der Waals surface area contributed by atoms with Gasteiger partial charge < -0.3 is 4.90 Å². The third-order valence-corrected chi connectivity index (χ3v) is 3.03. The highest BCUT2D eigenvalue weighted by Gasteiger charge is 2.10. The lowest BCUT2D eigenvalue weighted by atomic mass is 10.1. The van der Waals surface area contributed by atoms with Crippen LogP contribution in [0.15, 0.2) is 60.7 Å². The molecular weight excluding hydrogens is 194 g/mol. The van der Waals surface area contributed by atoms with Crippen LogP contribution in [0.3, 0.4) is 0 Å². The van der Waals surface area contributed by atoms with E-state index in [0.29, 0.717) is 6.04 Å². The molecule has 0 unspecified atom stereocenters. The number of nitrogens with zero attached hydrogens (tertiary/aromatic N) is 1. The highest BCUT2D eigenvalue weighted by Crippen LogP contribution is 2.24. The zero-order chi connectivity index (χ0) is 11.4. The van der Waals surface area contributed by atoms with Gasteiger partial charge in [0, 0.05) is 12.7 Å². The number of hydrogen-bond donors (Lipinski definition) is 0. The van der Waals surface area contributed by atoms with Crippen LogP contribution in [0.4, 0.5) is 5.69 Å². The molecule has 1 atom stereocenters. The molecule has 0 saturated heterocycles. The van der Waals surface area contributed by atoms with Crippen molar-refractivity contribution in [3.05, 3.63) is 66.2 Å². The first-order chi connectivity index (χ1) is 7.79. The Morgan fingerprint density at radius 1 is 0.812 bits per heavy atom. The van der Waals surface area contributed by atoms with Crippen molar-refractivity contribution in [2.45, 2.75) is 13.0 Å². The quantitative estimate of drug-likeness (QED) is 0.744. The predicted molar refractivity (Wildman–Crippen MR) is 69.7 cm³/mol. The number of rotatable bonds is 3. The van der Waals surface area contributed by atoms with Gasteiger partial charge in [0.25, 0.3) is 0 Å². The van der Waals surface area contributed by atoms with Crippen LogP contribution in [0.1, 0.15) is 18.5 Å². The highest BCUT2D eigenvalue weighted by atomic mass is 15.1. The Morgan fingerprint density at radius 3 is 1.88 bits per heavy atom. The molecule has 1 heteroatoms. The molecule has 0 aliphatic carbocycles. The molecule has 0 aromatic heterocycles. The zero-order valence-electron chi connectivity index (χ0n) is 9.80. The van der Waals surface area contributed by atoms with E-state index in [1.807, 2.05) is 6.07 Å². The average Bonchev–Trinajstić information content (AvgIpc) is 2.39. The molecule has 0 saturated carbocycles. The Labute approximate surface area is 97.3 Å². The molecule has 0 heterocycles. The molecule has 2 rings (SSSR count). The Balaban J connectivity index is 2.20. The van der Waals surface area contributed by atoms with Crippen molar-refractivity contribution in [3.63, 3.8) is 0 Å². The lowest BCUT2D eigenvalue weighted by Gasteiger charge is -2.27.